The van der Waals surface area contributed by atoms with Crippen molar-refractivity contribution in [1.82, 2.24) is 10.2 Å². The predicted molar refractivity (Wildman–Crippen MR) is 76.3 cm³/mol. The normalized spacial score (nSPS) is 27.9. The molecule has 2 heterocycles. The predicted octanol–water partition coefficient (Wildman–Crippen LogP) is 2.16. The van der Waals surface area contributed by atoms with E-state index in [1.807, 2.05) is 25.7 Å². The Labute approximate surface area is 121 Å². The van der Waals surface area contributed by atoms with Crippen LogP contribution in [0.5, 0.6) is 0 Å². The van der Waals surface area contributed by atoms with Gasteiger partial charge in [0.25, 0.3) is 0 Å². The van der Waals surface area contributed by atoms with Gasteiger partial charge in [0.2, 0.25) is 5.91 Å². The molecule has 0 aromatic heterocycles. The van der Waals surface area contributed by atoms with Crippen LogP contribution in [-0.4, -0.2) is 42.1 Å². The number of amides is 2. The van der Waals surface area contributed by atoms with Crippen LogP contribution in [-0.2, 0) is 9.53 Å². The van der Waals surface area contributed by atoms with Gasteiger partial charge in [-0.25, -0.2) is 4.79 Å². The van der Waals surface area contributed by atoms with Crippen LogP contribution in [0, 0.1) is 11.8 Å². The first-order chi connectivity index (χ1) is 9.35. The molecule has 0 aromatic carbocycles. The van der Waals surface area contributed by atoms with Crippen molar-refractivity contribution in [2.75, 3.05) is 19.6 Å². The van der Waals surface area contributed by atoms with E-state index in [0.717, 1.165) is 25.8 Å². The Hall–Kier alpha value is -1.26. The summed E-state index contributed by atoms with van der Waals surface area (Å²) in [7, 11) is 0. The van der Waals surface area contributed by atoms with E-state index in [-0.39, 0.29) is 12.0 Å². The first-order valence-corrected chi connectivity index (χ1v) is 7.60. The first kappa shape index (κ1) is 15.1. The van der Waals surface area contributed by atoms with Gasteiger partial charge in [-0.1, -0.05) is 6.42 Å². The number of likely N-dealkylation sites (tertiary alicyclic amines) is 1. The average molecular weight is 282 g/mol. The van der Waals surface area contributed by atoms with Gasteiger partial charge < -0.3 is 15.0 Å². The van der Waals surface area contributed by atoms with E-state index in [1.54, 1.807) is 0 Å². The minimum Gasteiger partial charge on any atom is -0.444 e. The molecule has 1 N–H and O–H groups in total. The van der Waals surface area contributed by atoms with E-state index >= 15 is 0 Å². The lowest BCUT2D eigenvalue weighted by atomic mass is 9.81. The molecular formula is C15H26N2O3. The lowest BCUT2D eigenvalue weighted by Gasteiger charge is -2.38. The molecule has 0 spiro atoms. The van der Waals surface area contributed by atoms with E-state index in [1.165, 1.54) is 0 Å². The molecule has 2 aliphatic heterocycles. The Morgan fingerprint density at radius 1 is 1.30 bits per heavy atom. The molecule has 0 saturated carbocycles. The number of nitrogens with zero attached hydrogens (tertiary/aromatic N) is 1. The summed E-state index contributed by atoms with van der Waals surface area (Å²) in [6.45, 7) is 7.80. The van der Waals surface area contributed by atoms with Crippen LogP contribution in [0.15, 0.2) is 0 Å². The maximum atomic E-state index is 12.2. The molecule has 2 saturated heterocycles. The van der Waals surface area contributed by atoms with Crippen molar-refractivity contribution in [2.45, 2.75) is 52.1 Å². The van der Waals surface area contributed by atoms with Gasteiger partial charge in [0.05, 0.1) is 0 Å². The number of ether oxygens (including phenoxy) is 1. The zero-order valence-corrected chi connectivity index (χ0v) is 12.8. The highest BCUT2D eigenvalue weighted by atomic mass is 16.6. The molecule has 20 heavy (non-hydrogen) atoms. The number of carbonyl (C=O) groups excluding carboxylic acids is 2. The van der Waals surface area contributed by atoms with Gasteiger partial charge in [-0.2, -0.15) is 0 Å². The summed E-state index contributed by atoms with van der Waals surface area (Å²) in [5, 5.41) is 2.92. The molecule has 0 bridgehead atoms. The third-order valence-corrected chi connectivity index (χ3v) is 4.04. The molecule has 2 unspecified atom stereocenters. The molecule has 0 radical (unpaired) electrons. The molecule has 5 nitrogen and oxygen atoms in total. The number of hydrogen-bond acceptors (Lipinski definition) is 3. The fourth-order valence-corrected chi connectivity index (χ4v) is 3.02. The van der Waals surface area contributed by atoms with Crippen molar-refractivity contribution in [3.63, 3.8) is 0 Å². The molecule has 2 atom stereocenters. The second-order valence-corrected chi connectivity index (χ2v) is 6.95. The topological polar surface area (TPSA) is 58.6 Å². The quantitative estimate of drug-likeness (QED) is 0.740. The SMILES string of the molecule is CC(C)(C)OC(=O)N1CCCCC2CC(=O)NCC2C1. The zero-order chi connectivity index (χ0) is 14.8. The first-order valence-electron chi connectivity index (χ1n) is 7.60. The van der Waals surface area contributed by atoms with Gasteiger partial charge in [-0.3, -0.25) is 4.79 Å². The van der Waals surface area contributed by atoms with Gasteiger partial charge in [-0.05, 0) is 45.4 Å². The number of hydrogen-bond donors (Lipinski definition) is 1. The summed E-state index contributed by atoms with van der Waals surface area (Å²) in [6.07, 6.45) is 3.54. The standard InChI is InChI=1S/C15H26N2O3/c1-15(2,3)20-14(19)17-7-5-4-6-11-8-13(18)16-9-12(11)10-17/h11-12H,4-10H2,1-3H3,(H,16,18). The molecule has 2 aliphatic rings. The Kier molecular flexibility index (Phi) is 4.55. The number of rotatable bonds is 0. The van der Waals surface area contributed by atoms with Gasteiger partial charge in [0.1, 0.15) is 5.60 Å². The van der Waals surface area contributed by atoms with Crippen LogP contribution in [0.2, 0.25) is 0 Å². The second-order valence-electron chi connectivity index (χ2n) is 6.95. The molecule has 2 amide bonds. The summed E-state index contributed by atoms with van der Waals surface area (Å²) >= 11 is 0. The highest BCUT2D eigenvalue weighted by Gasteiger charge is 2.33. The van der Waals surface area contributed by atoms with Gasteiger partial charge in [0, 0.05) is 26.1 Å². The fourth-order valence-electron chi connectivity index (χ4n) is 3.02. The molecule has 2 rings (SSSR count). The van der Waals surface area contributed by atoms with Crippen LogP contribution in [0.4, 0.5) is 4.79 Å². The minimum atomic E-state index is -0.459. The minimum absolute atomic E-state index is 0.149. The number of piperidine rings is 1. The number of carbonyl (C=O) groups is 2. The van der Waals surface area contributed by atoms with Crippen LogP contribution >= 0.6 is 0 Å². The van der Waals surface area contributed by atoms with E-state index in [2.05, 4.69) is 5.32 Å². The largest absolute Gasteiger partial charge is 0.444 e. The molecule has 5 heteroatoms. The highest BCUT2D eigenvalue weighted by Crippen LogP contribution is 2.28. The number of nitrogens with one attached hydrogen (secondary N) is 1. The van der Waals surface area contributed by atoms with E-state index in [0.29, 0.717) is 31.3 Å². The fraction of sp³-hybridized carbons (Fsp3) is 0.867. The molecule has 0 aliphatic carbocycles. The van der Waals surface area contributed by atoms with E-state index in [4.69, 9.17) is 4.74 Å². The van der Waals surface area contributed by atoms with Gasteiger partial charge >= 0.3 is 6.09 Å². The summed E-state index contributed by atoms with van der Waals surface area (Å²) in [5.74, 6) is 0.921. The van der Waals surface area contributed by atoms with Crippen molar-refractivity contribution >= 4 is 12.0 Å². The lowest BCUT2D eigenvalue weighted by Crippen LogP contribution is -2.49. The average Bonchev–Trinajstić information content (AvgIpc) is 2.29. The maximum Gasteiger partial charge on any atom is 0.410 e. The summed E-state index contributed by atoms with van der Waals surface area (Å²) in [6, 6.07) is 0. The van der Waals surface area contributed by atoms with Crippen LogP contribution in [0.1, 0.15) is 46.5 Å². The smallest absolute Gasteiger partial charge is 0.410 e. The Morgan fingerprint density at radius 2 is 2.05 bits per heavy atom. The van der Waals surface area contributed by atoms with Gasteiger partial charge in [0.15, 0.2) is 0 Å². The third-order valence-electron chi connectivity index (χ3n) is 4.04. The molecular weight excluding hydrogens is 256 g/mol. The van der Waals surface area contributed by atoms with Gasteiger partial charge in [-0.15, -0.1) is 0 Å². The molecule has 0 aromatic rings. The Bertz CT molecular complexity index is 376. The summed E-state index contributed by atoms with van der Waals surface area (Å²) < 4.78 is 5.47. The van der Waals surface area contributed by atoms with E-state index in [9.17, 15) is 9.59 Å². The van der Waals surface area contributed by atoms with Crippen LogP contribution < -0.4 is 5.32 Å². The summed E-state index contributed by atoms with van der Waals surface area (Å²) in [5.41, 5.74) is -0.459. The third kappa shape index (κ3) is 4.12. The van der Waals surface area contributed by atoms with Crippen molar-refractivity contribution in [2.24, 2.45) is 11.8 Å². The number of fused-ring (bicyclic) bond motifs is 1. The highest BCUT2D eigenvalue weighted by molar-refractivity contribution is 5.77. The monoisotopic (exact) mass is 282 g/mol. The van der Waals surface area contributed by atoms with Crippen molar-refractivity contribution < 1.29 is 14.3 Å². The zero-order valence-electron chi connectivity index (χ0n) is 12.8. The van der Waals surface area contributed by atoms with Crippen molar-refractivity contribution in [3.05, 3.63) is 0 Å². The lowest BCUT2D eigenvalue weighted by molar-refractivity contribution is -0.125. The molecule has 114 valence electrons. The van der Waals surface area contributed by atoms with Crippen LogP contribution in [0.25, 0.3) is 0 Å². The van der Waals surface area contributed by atoms with E-state index < -0.39 is 5.60 Å². The Balaban J connectivity index is 2.00. The second kappa shape index (κ2) is 6.02. The van der Waals surface area contributed by atoms with Crippen molar-refractivity contribution in [1.29, 1.82) is 0 Å². The Morgan fingerprint density at radius 3 is 2.75 bits per heavy atom. The molecule has 2 fully saturated rings. The van der Waals surface area contributed by atoms with Crippen molar-refractivity contribution in [3.8, 4) is 0 Å². The summed E-state index contributed by atoms with van der Waals surface area (Å²) in [4.78, 5) is 25.6. The van der Waals surface area contributed by atoms with Crippen LogP contribution in [0.3, 0.4) is 0 Å². The maximum absolute atomic E-state index is 12.2.